The number of esters is 1. The van der Waals surface area contributed by atoms with E-state index in [0.717, 1.165) is 0 Å². The largest absolute Gasteiger partial charge is 1.00 e. The van der Waals surface area contributed by atoms with Crippen LogP contribution >= 0.6 is 0 Å². The first-order chi connectivity index (χ1) is 7.65. The zero-order valence-corrected chi connectivity index (χ0v) is 11.5. The molecular weight excluding hydrogens is 279 g/mol. The number of rotatable bonds is 5. The van der Waals surface area contributed by atoms with E-state index in [2.05, 4.69) is 15.5 Å². The molecule has 5 nitrogen and oxygen atoms in total. The Kier molecular flexibility index (Phi) is 10.5. The molecule has 0 spiro atoms. The number of carbonyl (C=O) groups is 2. The summed E-state index contributed by atoms with van der Waals surface area (Å²) in [6.07, 6.45) is 4.06. The van der Waals surface area contributed by atoms with Crippen molar-refractivity contribution in [1.82, 2.24) is 0 Å². The van der Waals surface area contributed by atoms with Crippen molar-refractivity contribution in [2.75, 3.05) is 7.11 Å². The summed E-state index contributed by atoms with van der Waals surface area (Å²) in [6.45, 7) is 0. The third-order valence-corrected chi connectivity index (χ3v) is 2.28. The molecular formula is C11H16Cl2N2O3. The van der Waals surface area contributed by atoms with Crippen LogP contribution in [0.5, 0.6) is 0 Å². The summed E-state index contributed by atoms with van der Waals surface area (Å²) in [7, 11) is 1.31. The van der Waals surface area contributed by atoms with Crippen LogP contribution in [0.2, 0.25) is 0 Å². The molecule has 0 unspecified atom stereocenters. The van der Waals surface area contributed by atoms with E-state index in [1.165, 1.54) is 7.11 Å². The van der Waals surface area contributed by atoms with Gasteiger partial charge in [0.15, 0.2) is 24.2 Å². The van der Waals surface area contributed by atoms with Gasteiger partial charge in [-0.1, -0.05) is 0 Å². The van der Waals surface area contributed by atoms with Gasteiger partial charge in [0, 0.05) is 18.9 Å². The molecule has 7 heteroatoms. The highest BCUT2D eigenvalue weighted by Gasteiger charge is 2.19. The fourth-order valence-electron chi connectivity index (χ4n) is 1.30. The van der Waals surface area contributed by atoms with Crippen molar-refractivity contribution in [1.29, 1.82) is 0 Å². The van der Waals surface area contributed by atoms with Crippen molar-refractivity contribution in [2.45, 2.75) is 18.9 Å². The van der Waals surface area contributed by atoms with E-state index < -0.39 is 6.04 Å². The molecule has 0 bridgehead atoms. The quantitative estimate of drug-likeness (QED) is 0.433. The number of pyridine rings is 1. The number of Topliss-reactive ketones (excluding diaryl/α,β-unsaturated/α-hetero) is 1. The van der Waals surface area contributed by atoms with Crippen LogP contribution in [0.3, 0.4) is 0 Å². The second-order valence-electron chi connectivity index (χ2n) is 3.47. The maximum atomic E-state index is 11.7. The summed E-state index contributed by atoms with van der Waals surface area (Å²) >= 11 is 0. The van der Waals surface area contributed by atoms with Gasteiger partial charge in [0.05, 0.1) is 12.7 Å². The molecule has 0 radical (unpaired) electrons. The summed E-state index contributed by atoms with van der Waals surface area (Å²) in [4.78, 5) is 25.6. The van der Waals surface area contributed by atoms with E-state index in [0.29, 0.717) is 18.4 Å². The van der Waals surface area contributed by atoms with Gasteiger partial charge in [0.1, 0.15) is 0 Å². The van der Waals surface area contributed by atoms with Crippen molar-refractivity contribution in [3.05, 3.63) is 30.1 Å². The highest BCUT2D eigenvalue weighted by atomic mass is 35.5. The van der Waals surface area contributed by atoms with Crippen LogP contribution in [-0.4, -0.2) is 24.9 Å². The molecule has 0 amide bonds. The van der Waals surface area contributed by atoms with E-state index in [9.17, 15) is 9.59 Å². The third kappa shape index (κ3) is 5.95. The van der Waals surface area contributed by atoms with Crippen molar-refractivity contribution in [3.63, 3.8) is 0 Å². The van der Waals surface area contributed by atoms with Gasteiger partial charge in [0.2, 0.25) is 0 Å². The topological polar surface area (TPSA) is 85.1 Å². The number of aromatic nitrogens is 1. The van der Waals surface area contributed by atoms with Gasteiger partial charge in [-0.3, -0.25) is 4.79 Å². The Labute approximate surface area is 118 Å². The van der Waals surface area contributed by atoms with Gasteiger partial charge in [-0.15, -0.1) is 0 Å². The van der Waals surface area contributed by atoms with Crippen LogP contribution in [0, 0.1) is 0 Å². The van der Waals surface area contributed by atoms with Gasteiger partial charge >= 0.3 is 5.97 Å². The minimum Gasteiger partial charge on any atom is -1.00 e. The van der Waals surface area contributed by atoms with Crippen LogP contribution in [0.4, 0.5) is 0 Å². The summed E-state index contributed by atoms with van der Waals surface area (Å²) in [5.74, 6) is -0.387. The molecule has 1 aromatic heterocycles. The number of quaternary nitrogens is 1. The summed E-state index contributed by atoms with van der Waals surface area (Å²) in [6, 6.07) is 3.01. The first-order valence-corrected chi connectivity index (χ1v) is 5.05. The number of hydrogen-bond acceptors (Lipinski definition) is 3. The van der Waals surface area contributed by atoms with Gasteiger partial charge < -0.3 is 35.3 Å². The Hall–Kier alpha value is -1.17. The zero-order valence-electron chi connectivity index (χ0n) is 9.99. The first-order valence-electron chi connectivity index (χ1n) is 5.05. The predicted molar refractivity (Wildman–Crippen MR) is 55.3 cm³/mol. The third-order valence-electron chi connectivity index (χ3n) is 2.28. The SMILES string of the molecule is COC(=O)[C@H]([NH3+])CCC(=O)c1ccc[nH+]c1.[Cl-].[Cl-]. The Morgan fingerprint density at radius 1 is 1.44 bits per heavy atom. The Balaban J connectivity index is 0. The second kappa shape index (κ2) is 9.82. The number of methoxy groups -OCH3 is 1. The lowest BCUT2D eigenvalue weighted by Crippen LogP contribution is -3.00. The van der Waals surface area contributed by atoms with E-state index in [1.807, 2.05) is 0 Å². The molecule has 0 saturated carbocycles. The predicted octanol–water partition coefficient (Wildman–Crippen LogP) is -6.74. The smallest absolute Gasteiger partial charge is 0.364 e. The van der Waals surface area contributed by atoms with Crippen LogP contribution < -0.4 is 35.5 Å². The molecule has 0 aliphatic rings. The molecule has 0 fully saturated rings. The van der Waals surface area contributed by atoms with E-state index in [4.69, 9.17) is 0 Å². The highest BCUT2D eigenvalue weighted by Crippen LogP contribution is 2.04. The van der Waals surface area contributed by atoms with Gasteiger partial charge in [-0.05, 0) is 6.07 Å². The molecule has 1 rings (SSSR count). The van der Waals surface area contributed by atoms with E-state index >= 15 is 0 Å². The standard InChI is InChI=1S/C11H14N2O3.2ClH/c1-16-11(15)9(12)4-5-10(14)8-3-2-6-13-7-8;;/h2-3,6-7,9H,4-5,12H2,1H3;2*1H/t9-;;/m1../s1. The maximum absolute atomic E-state index is 11.7. The number of ketones is 1. The number of nitrogens with one attached hydrogen (secondary N) is 1. The van der Waals surface area contributed by atoms with Crippen molar-refractivity contribution in [2.24, 2.45) is 0 Å². The number of halogens is 2. The molecule has 1 atom stereocenters. The monoisotopic (exact) mass is 294 g/mol. The Morgan fingerprint density at radius 3 is 2.61 bits per heavy atom. The maximum Gasteiger partial charge on any atom is 0.364 e. The molecule has 102 valence electrons. The molecule has 0 aliphatic heterocycles. The van der Waals surface area contributed by atoms with E-state index in [1.54, 1.807) is 24.5 Å². The molecule has 1 heterocycles. The molecule has 0 aliphatic carbocycles. The van der Waals surface area contributed by atoms with Crippen molar-refractivity contribution in [3.8, 4) is 0 Å². The second-order valence-corrected chi connectivity index (χ2v) is 3.47. The van der Waals surface area contributed by atoms with Gasteiger partial charge in [-0.2, -0.15) is 0 Å². The fraction of sp³-hybridized carbons (Fsp3) is 0.364. The lowest BCUT2D eigenvalue weighted by Gasteiger charge is -2.04. The minimum atomic E-state index is -0.485. The molecule has 0 aromatic carbocycles. The zero-order chi connectivity index (χ0) is 12.0. The molecule has 0 saturated heterocycles. The van der Waals surface area contributed by atoms with Crippen molar-refractivity contribution < 1.29 is 49.9 Å². The van der Waals surface area contributed by atoms with Crippen LogP contribution in [0.1, 0.15) is 23.2 Å². The first kappa shape index (κ1) is 19.2. The van der Waals surface area contributed by atoms with Crippen LogP contribution in [0.15, 0.2) is 24.5 Å². The van der Waals surface area contributed by atoms with E-state index in [-0.39, 0.29) is 36.6 Å². The van der Waals surface area contributed by atoms with Crippen LogP contribution in [0.25, 0.3) is 0 Å². The summed E-state index contributed by atoms with van der Waals surface area (Å²) < 4.78 is 4.53. The average Bonchev–Trinajstić information content (AvgIpc) is 2.35. The van der Waals surface area contributed by atoms with Gasteiger partial charge in [-0.25, -0.2) is 9.78 Å². The average molecular weight is 295 g/mol. The lowest BCUT2D eigenvalue weighted by atomic mass is 10.1. The minimum absolute atomic E-state index is 0. The molecule has 1 aromatic rings. The number of hydrogen-bond donors (Lipinski definition) is 1. The highest BCUT2D eigenvalue weighted by molar-refractivity contribution is 5.95. The van der Waals surface area contributed by atoms with Crippen LogP contribution in [-0.2, 0) is 9.53 Å². The fourth-order valence-corrected chi connectivity index (χ4v) is 1.30. The Bertz CT molecular complexity index is 374. The molecule has 4 N–H and O–H groups in total. The summed E-state index contributed by atoms with van der Waals surface area (Å²) in [5.41, 5.74) is 4.25. The normalized spacial score (nSPS) is 10.6. The number of H-pyrrole nitrogens is 1. The molecule has 18 heavy (non-hydrogen) atoms. The number of ether oxygens (including phenoxy) is 1. The lowest BCUT2D eigenvalue weighted by molar-refractivity contribution is -0.409. The number of carbonyl (C=O) groups excluding carboxylic acids is 2. The Morgan fingerprint density at radius 2 is 2.11 bits per heavy atom. The summed E-state index contributed by atoms with van der Waals surface area (Å²) in [5, 5.41) is 0. The van der Waals surface area contributed by atoms with Gasteiger partial charge in [0.25, 0.3) is 0 Å². The van der Waals surface area contributed by atoms with Crippen molar-refractivity contribution >= 4 is 11.8 Å². The number of aromatic amines is 1.